The molecule has 0 aromatic rings. The zero-order valence-corrected chi connectivity index (χ0v) is 7.48. The third-order valence-corrected chi connectivity index (χ3v) is 1.80. The highest BCUT2D eigenvalue weighted by molar-refractivity contribution is 5.87. The Bertz CT molecular complexity index is 284. The first-order chi connectivity index (χ1) is 5.65. The van der Waals surface area contributed by atoms with Gasteiger partial charge in [0.2, 0.25) is 5.91 Å². The number of nitrogens with one attached hydrogen (secondary N) is 1. The maximum atomic E-state index is 10.9. The second-order valence-corrected chi connectivity index (χ2v) is 2.89. The van der Waals surface area contributed by atoms with Crippen LogP contribution in [-0.2, 0) is 4.79 Å². The number of hydrogen-bond donors (Lipinski definition) is 1. The van der Waals surface area contributed by atoms with Gasteiger partial charge in [-0.25, -0.2) is 0 Å². The molecule has 0 unspecified atom stereocenters. The highest BCUT2D eigenvalue weighted by Gasteiger charge is 2.19. The second-order valence-electron chi connectivity index (χ2n) is 2.89. The van der Waals surface area contributed by atoms with Crippen molar-refractivity contribution >= 4 is 5.91 Å². The van der Waals surface area contributed by atoms with Gasteiger partial charge in [0.1, 0.15) is 0 Å². The first-order valence-corrected chi connectivity index (χ1v) is 3.96. The van der Waals surface area contributed by atoms with E-state index in [1.807, 2.05) is 26.0 Å². The van der Waals surface area contributed by atoms with Gasteiger partial charge in [-0.05, 0) is 25.0 Å². The minimum atomic E-state index is 0.0406. The van der Waals surface area contributed by atoms with Crippen molar-refractivity contribution in [2.45, 2.75) is 20.3 Å². The van der Waals surface area contributed by atoms with E-state index in [-0.39, 0.29) is 5.91 Å². The number of allylic oxidation sites excluding steroid dienone is 4. The van der Waals surface area contributed by atoms with Gasteiger partial charge in [0.15, 0.2) is 0 Å². The van der Waals surface area contributed by atoms with Crippen molar-refractivity contribution < 1.29 is 4.79 Å². The van der Waals surface area contributed by atoms with Crippen molar-refractivity contribution in [2.75, 3.05) is 0 Å². The summed E-state index contributed by atoms with van der Waals surface area (Å²) in [6.07, 6.45) is 4.34. The molecule has 12 heavy (non-hydrogen) atoms. The van der Waals surface area contributed by atoms with Crippen LogP contribution in [0, 0.1) is 0 Å². The molecule has 2 nitrogen and oxygen atoms in total. The number of amides is 1. The zero-order valence-electron chi connectivity index (χ0n) is 7.48. The summed E-state index contributed by atoms with van der Waals surface area (Å²) < 4.78 is 0. The van der Waals surface area contributed by atoms with Crippen molar-refractivity contribution in [2.24, 2.45) is 0 Å². The Labute approximate surface area is 72.7 Å². The highest BCUT2D eigenvalue weighted by Crippen LogP contribution is 2.20. The molecule has 2 heteroatoms. The van der Waals surface area contributed by atoms with E-state index in [1.54, 1.807) is 0 Å². The van der Waals surface area contributed by atoms with Gasteiger partial charge in [0, 0.05) is 5.70 Å². The average molecular weight is 163 g/mol. The van der Waals surface area contributed by atoms with Gasteiger partial charge in [-0.15, -0.1) is 0 Å². The summed E-state index contributed by atoms with van der Waals surface area (Å²) >= 11 is 0. The van der Waals surface area contributed by atoms with E-state index in [2.05, 4.69) is 11.9 Å². The number of carbonyl (C=O) groups excluding carboxylic acids is 1. The standard InChI is InChI=1S/C10H13NO/c1-4-5-7(2)10-8(3)6-9(12)11-10/h4-5H,3,6H2,1-2H3,(H,11,12)/b5-4-,10-7+. The fourth-order valence-electron chi connectivity index (χ4n) is 1.26. The average Bonchev–Trinajstić information content (AvgIpc) is 2.30. The maximum Gasteiger partial charge on any atom is 0.228 e. The molecular weight excluding hydrogens is 150 g/mol. The zero-order chi connectivity index (χ0) is 9.14. The van der Waals surface area contributed by atoms with Gasteiger partial charge in [0.05, 0.1) is 6.42 Å². The molecule has 0 spiro atoms. The predicted molar refractivity (Wildman–Crippen MR) is 49.4 cm³/mol. The molecule has 0 aromatic carbocycles. The van der Waals surface area contributed by atoms with Crippen molar-refractivity contribution in [3.05, 3.63) is 35.6 Å². The van der Waals surface area contributed by atoms with Crippen LogP contribution in [0.15, 0.2) is 35.6 Å². The Hall–Kier alpha value is -1.31. The Balaban J connectivity index is 2.95. The minimum absolute atomic E-state index is 0.0406. The van der Waals surface area contributed by atoms with Crippen LogP contribution < -0.4 is 5.32 Å². The Morgan fingerprint density at radius 3 is 2.75 bits per heavy atom. The molecule has 1 heterocycles. The summed E-state index contributed by atoms with van der Waals surface area (Å²) in [4.78, 5) is 10.9. The van der Waals surface area contributed by atoms with Crippen LogP contribution in [0.25, 0.3) is 0 Å². The summed E-state index contributed by atoms with van der Waals surface area (Å²) in [5.74, 6) is 0.0406. The van der Waals surface area contributed by atoms with Crippen LogP contribution >= 0.6 is 0 Å². The maximum absolute atomic E-state index is 10.9. The lowest BCUT2D eigenvalue weighted by molar-refractivity contribution is -0.118. The molecule has 0 radical (unpaired) electrons. The molecule has 0 aliphatic carbocycles. The second kappa shape index (κ2) is 3.39. The third-order valence-electron chi connectivity index (χ3n) is 1.80. The van der Waals surface area contributed by atoms with Crippen LogP contribution in [0.3, 0.4) is 0 Å². The molecule has 0 bridgehead atoms. The van der Waals surface area contributed by atoms with Crippen molar-refractivity contribution in [1.29, 1.82) is 0 Å². The first kappa shape index (κ1) is 8.78. The van der Waals surface area contributed by atoms with Crippen LogP contribution in [0.2, 0.25) is 0 Å². The monoisotopic (exact) mass is 163 g/mol. The molecule has 1 amide bonds. The Morgan fingerprint density at radius 2 is 2.33 bits per heavy atom. The lowest BCUT2D eigenvalue weighted by atomic mass is 10.1. The smallest absolute Gasteiger partial charge is 0.228 e. The van der Waals surface area contributed by atoms with E-state index in [4.69, 9.17) is 0 Å². The Kier molecular flexibility index (Phi) is 2.48. The summed E-state index contributed by atoms with van der Waals surface area (Å²) in [7, 11) is 0. The fourth-order valence-corrected chi connectivity index (χ4v) is 1.26. The topological polar surface area (TPSA) is 29.1 Å². The molecule has 64 valence electrons. The van der Waals surface area contributed by atoms with Gasteiger partial charge >= 0.3 is 0 Å². The van der Waals surface area contributed by atoms with Crippen molar-refractivity contribution in [3.63, 3.8) is 0 Å². The van der Waals surface area contributed by atoms with Gasteiger partial charge < -0.3 is 5.32 Å². The van der Waals surface area contributed by atoms with Crippen LogP contribution in [0.5, 0.6) is 0 Å². The number of carbonyl (C=O) groups is 1. The van der Waals surface area contributed by atoms with Crippen LogP contribution in [0.1, 0.15) is 20.3 Å². The summed E-state index contributed by atoms with van der Waals surface area (Å²) in [6, 6.07) is 0. The minimum Gasteiger partial charge on any atom is -0.325 e. The normalized spacial score (nSPS) is 21.8. The molecule has 0 aromatic heterocycles. The number of rotatable bonds is 1. The molecule has 1 N–H and O–H groups in total. The molecule has 0 saturated carbocycles. The quantitative estimate of drug-likeness (QED) is 0.628. The van der Waals surface area contributed by atoms with E-state index in [0.717, 1.165) is 16.8 Å². The summed E-state index contributed by atoms with van der Waals surface area (Å²) in [5, 5.41) is 2.78. The molecule has 1 aliphatic heterocycles. The molecule has 1 fully saturated rings. The third kappa shape index (κ3) is 1.64. The summed E-state index contributed by atoms with van der Waals surface area (Å²) in [6.45, 7) is 7.73. The number of hydrogen-bond acceptors (Lipinski definition) is 1. The van der Waals surface area contributed by atoms with E-state index in [9.17, 15) is 4.79 Å². The van der Waals surface area contributed by atoms with E-state index < -0.39 is 0 Å². The van der Waals surface area contributed by atoms with Crippen LogP contribution in [0.4, 0.5) is 0 Å². The fraction of sp³-hybridized carbons (Fsp3) is 0.300. The largest absolute Gasteiger partial charge is 0.325 e. The molecular formula is C10H13NO. The van der Waals surface area contributed by atoms with Gasteiger partial charge in [0.25, 0.3) is 0 Å². The van der Waals surface area contributed by atoms with Gasteiger partial charge in [-0.3, -0.25) is 4.79 Å². The molecule has 0 atom stereocenters. The lowest BCUT2D eigenvalue weighted by Crippen LogP contribution is -2.12. The van der Waals surface area contributed by atoms with E-state index in [0.29, 0.717) is 6.42 Å². The molecule has 1 rings (SSSR count). The summed E-state index contributed by atoms with van der Waals surface area (Å²) in [5.41, 5.74) is 2.84. The predicted octanol–water partition coefficient (Wildman–Crippen LogP) is 1.91. The lowest BCUT2D eigenvalue weighted by Gasteiger charge is -2.01. The van der Waals surface area contributed by atoms with Crippen molar-refractivity contribution in [3.8, 4) is 0 Å². The Morgan fingerprint density at radius 1 is 1.67 bits per heavy atom. The molecule has 1 saturated heterocycles. The molecule has 1 aliphatic rings. The van der Waals surface area contributed by atoms with Gasteiger partial charge in [-0.1, -0.05) is 18.7 Å². The van der Waals surface area contributed by atoms with Crippen LogP contribution in [-0.4, -0.2) is 5.91 Å². The van der Waals surface area contributed by atoms with Gasteiger partial charge in [-0.2, -0.15) is 0 Å². The van der Waals surface area contributed by atoms with Crippen molar-refractivity contribution in [1.82, 2.24) is 5.32 Å². The van der Waals surface area contributed by atoms with E-state index in [1.165, 1.54) is 0 Å². The highest BCUT2D eigenvalue weighted by atomic mass is 16.1. The van der Waals surface area contributed by atoms with E-state index >= 15 is 0 Å². The SMILES string of the molecule is C=C1CC(=O)N/C1=C(C)/C=C\C. The first-order valence-electron chi connectivity index (χ1n) is 3.96.